The molecule has 492 valence electrons. The molecule has 90 heavy (non-hydrogen) atoms. The van der Waals surface area contributed by atoms with E-state index < -0.39 is 5.97 Å². The molecule has 0 amide bonds. The number of rotatable bonds is 26. The number of para-hydroxylation sites is 4. The Bertz CT molecular complexity index is 3090. The van der Waals surface area contributed by atoms with Gasteiger partial charge < -0.3 is 119 Å². The van der Waals surface area contributed by atoms with E-state index in [1.807, 2.05) is 110 Å². The highest BCUT2D eigenvalue weighted by atomic mass is 127. The van der Waals surface area contributed by atoms with Gasteiger partial charge in [0.15, 0.2) is 22.5 Å². The highest BCUT2D eigenvalue weighted by molar-refractivity contribution is 6.02. The summed E-state index contributed by atoms with van der Waals surface area (Å²) < 4.78 is 34.1. The molecule has 0 saturated carbocycles. The van der Waals surface area contributed by atoms with Crippen molar-refractivity contribution in [3.05, 3.63) is 184 Å². The molecule has 1 aromatic heterocycles. The van der Waals surface area contributed by atoms with E-state index in [-0.39, 0.29) is 88.5 Å². The first-order valence-electron chi connectivity index (χ1n) is 32.4. The lowest BCUT2D eigenvalue weighted by atomic mass is 10.0. The minimum atomic E-state index is -0.460. The van der Waals surface area contributed by atoms with E-state index in [9.17, 15) is 9.59 Å². The molecule has 5 aromatic carbocycles. The number of fused-ring (bicyclic) bond motifs is 3. The van der Waals surface area contributed by atoms with Crippen LogP contribution >= 0.6 is 0 Å². The Balaban J connectivity index is 0.000000344. The fourth-order valence-electron chi connectivity index (χ4n) is 11.5. The van der Waals surface area contributed by atoms with Crippen molar-refractivity contribution in [1.82, 2.24) is 4.90 Å². The molecule has 0 bridgehead atoms. The Morgan fingerprint density at radius 3 is 1.43 bits per heavy atom. The molecule has 3 aliphatic rings. The van der Waals surface area contributed by atoms with Crippen molar-refractivity contribution in [2.75, 3.05) is 135 Å². The molecule has 3 aliphatic heterocycles. The summed E-state index contributed by atoms with van der Waals surface area (Å²) in [6.45, 7) is 40.5. The van der Waals surface area contributed by atoms with Gasteiger partial charge in [-0.25, -0.2) is 4.79 Å². The summed E-state index contributed by atoms with van der Waals surface area (Å²) in [4.78, 5) is 28.0. The fraction of sp³-hybridized carbons (Fsp3) is 0.432. The Kier molecular flexibility index (Phi) is 36.9. The van der Waals surface area contributed by atoms with Gasteiger partial charge in [-0.3, -0.25) is 9.69 Å². The number of allylic oxidation sites excluding steroid dienone is 4. The molecule has 0 unspecified atom stereocenters. The van der Waals surface area contributed by atoms with Crippen LogP contribution in [0.3, 0.4) is 0 Å². The number of piperidine rings is 1. The number of halogens is 3. The second-order valence-electron chi connectivity index (χ2n) is 22.5. The van der Waals surface area contributed by atoms with Gasteiger partial charge in [-0.2, -0.15) is 0 Å². The van der Waals surface area contributed by atoms with Crippen LogP contribution in [0, 0.1) is 6.92 Å². The molecule has 0 radical (unpaired) electrons. The second kappa shape index (κ2) is 42.1. The topological polar surface area (TPSA) is 112 Å². The van der Waals surface area contributed by atoms with Crippen molar-refractivity contribution in [3.8, 4) is 28.6 Å². The van der Waals surface area contributed by atoms with E-state index in [1.54, 1.807) is 25.1 Å². The standard InChI is InChI=1S/C30H60N3O3.C24H25NO4.2C10H9N.3HI/c1-10-31(11-2,12-3)22-25-34-28-20-19-21-29(35-26-23-32(13-4,14-5)15-6)30(28)36-27-24-33(16-7,17-8)18-9;1-17-21(26)19-11-8-12-20(23(19)29-22(17)18-9-4-2-5-10-18)24(27)28-16-15-25-13-6-3-7-14-25;2*1-2-7-10-9(5-1)6-3-4-8-11-10;;;/h19-21H,10-18,22-27H2,1-9H3;2,4-5,8-12H,3,6-7,13-16H2,1H3;2*1-8,11H;3*1H/q+3;;;;;;/p-3. The first kappa shape index (κ1) is 79.0. The predicted molar refractivity (Wildman–Crippen MR) is 363 cm³/mol. The summed E-state index contributed by atoms with van der Waals surface area (Å²) in [6, 6.07) is 37.0. The molecule has 1 fully saturated rings. The van der Waals surface area contributed by atoms with Crippen LogP contribution in [0.2, 0.25) is 0 Å². The van der Waals surface area contributed by atoms with E-state index in [0.29, 0.717) is 43.1 Å². The van der Waals surface area contributed by atoms with Crippen LogP contribution in [0.15, 0.2) is 161 Å². The number of hydrogen-bond donors (Lipinski definition) is 2. The lowest BCUT2D eigenvalue weighted by Crippen LogP contribution is -3.00. The highest BCUT2D eigenvalue weighted by Crippen LogP contribution is 2.38. The van der Waals surface area contributed by atoms with Crippen molar-refractivity contribution in [2.45, 2.75) is 88.5 Å². The third-order valence-electron chi connectivity index (χ3n) is 18.3. The molecular weight excluding hydrogens is 1470 g/mol. The number of hydrogen-bond acceptors (Lipinski definition) is 10. The molecular formula is C74H103I3N6O7. The van der Waals surface area contributed by atoms with Crippen LogP contribution in [0.5, 0.6) is 17.2 Å². The van der Waals surface area contributed by atoms with E-state index >= 15 is 0 Å². The molecule has 9 rings (SSSR count). The molecule has 2 N–H and O–H groups in total. The molecule has 6 aromatic rings. The van der Waals surface area contributed by atoms with E-state index in [2.05, 4.69) is 114 Å². The maximum Gasteiger partial charge on any atom is 0.342 e. The Morgan fingerprint density at radius 1 is 0.511 bits per heavy atom. The van der Waals surface area contributed by atoms with Gasteiger partial charge >= 0.3 is 5.97 Å². The van der Waals surface area contributed by atoms with Gasteiger partial charge in [-0.1, -0.05) is 110 Å². The summed E-state index contributed by atoms with van der Waals surface area (Å²) in [5.74, 6) is 2.40. The molecule has 0 spiro atoms. The zero-order valence-electron chi connectivity index (χ0n) is 55.4. The van der Waals surface area contributed by atoms with E-state index in [1.165, 1.54) is 30.4 Å². The monoisotopic (exact) mass is 1570 g/mol. The van der Waals surface area contributed by atoms with Gasteiger partial charge in [0.1, 0.15) is 57.4 Å². The SMILES string of the molecule is C1=CNc2ccccc2C=C1.C1=CNc2ccccc2C=C1.CC[N+](CC)(CC)CCOc1cccc(OCC[N+](CC)(CC)CC)c1OCC[N+](CC)(CC)CC.Cc1c(-c2ccccc2)oc2c(C(=O)OCCN3CCCCC3)cccc2c1=O.[I-].[I-].[I-]. The van der Waals surface area contributed by atoms with Crippen molar-refractivity contribution in [2.24, 2.45) is 0 Å². The zero-order valence-corrected chi connectivity index (χ0v) is 61.9. The van der Waals surface area contributed by atoms with Gasteiger partial charge in [0.2, 0.25) is 5.75 Å². The fourth-order valence-corrected chi connectivity index (χ4v) is 11.5. The number of nitrogens with zero attached hydrogens (tertiary/aromatic N) is 4. The number of carbonyl (C=O) groups is 1. The molecule has 13 nitrogen and oxygen atoms in total. The highest BCUT2D eigenvalue weighted by Gasteiger charge is 2.26. The largest absolute Gasteiger partial charge is 1.00 e. The summed E-state index contributed by atoms with van der Waals surface area (Å²) in [5.41, 5.74) is 6.56. The van der Waals surface area contributed by atoms with Crippen molar-refractivity contribution >= 4 is 40.5 Å². The van der Waals surface area contributed by atoms with Crippen LogP contribution in [0.25, 0.3) is 34.4 Å². The number of anilines is 2. The third-order valence-corrected chi connectivity index (χ3v) is 18.3. The van der Waals surface area contributed by atoms with Gasteiger partial charge in [-0.05, 0) is 155 Å². The summed E-state index contributed by atoms with van der Waals surface area (Å²) in [6.07, 6.45) is 19.7. The molecule has 0 atom stereocenters. The maximum absolute atomic E-state index is 12.9. The average Bonchev–Trinajstić information content (AvgIpc) is 1.92. The predicted octanol–water partition coefficient (Wildman–Crippen LogP) is 6.15. The normalized spacial score (nSPS) is 13.1. The van der Waals surface area contributed by atoms with E-state index in [4.69, 9.17) is 23.4 Å². The number of esters is 1. The number of ether oxygens (including phenoxy) is 4. The van der Waals surface area contributed by atoms with Gasteiger partial charge in [0.25, 0.3) is 0 Å². The molecule has 4 heterocycles. The Labute approximate surface area is 590 Å². The number of benzene rings is 5. The van der Waals surface area contributed by atoms with Crippen LogP contribution < -0.4 is 102 Å². The molecule has 1 saturated heterocycles. The average molecular weight is 1570 g/mol. The Morgan fingerprint density at radius 2 is 0.956 bits per heavy atom. The van der Waals surface area contributed by atoms with Gasteiger partial charge in [-0.15, -0.1) is 0 Å². The second-order valence-corrected chi connectivity index (χ2v) is 22.5. The van der Waals surface area contributed by atoms with Crippen molar-refractivity contribution in [3.63, 3.8) is 0 Å². The lowest BCUT2D eigenvalue weighted by molar-refractivity contribution is -0.923. The number of likely N-dealkylation sites (N-methyl/N-ethyl adjacent to an activating group) is 3. The third kappa shape index (κ3) is 23.1. The van der Waals surface area contributed by atoms with E-state index in [0.717, 1.165) is 146 Å². The lowest BCUT2D eigenvalue weighted by Gasteiger charge is -2.36. The van der Waals surface area contributed by atoms with Gasteiger partial charge in [0, 0.05) is 41.4 Å². The number of quaternary nitrogens is 3. The van der Waals surface area contributed by atoms with Gasteiger partial charge in [0.05, 0.1) is 64.3 Å². The number of likely N-dealkylation sites (tertiary alicyclic amines) is 1. The zero-order chi connectivity index (χ0) is 62.3. The first-order chi connectivity index (χ1) is 42.4. The van der Waals surface area contributed by atoms with Crippen LogP contribution in [-0.2, 0) is 4.74 Å². The minimum absolute atomic E-state index is 0. The van der Waals surface area contributed by atoms with Crippen molar-refractivity contribution in [1.29, 1.82) is 0 Å². The first-order valence-corrected chi connectivity index (χ1v) is 32.4. The summed E-state index contributed by atoms with van der Waals surface area (Å²) >= 11 is 0. The smallest absolute Gasteiger partial charge is 0.342 e. The van der Waals surface area contributed by atoms with Crippen LogP contribution in [0.1, 0.15) is 109 Å². The Hall–Kier alpha value is -5.23. The quantitative estimate of drug-likeness (QED) is 0.0373. The summed E-state index contributed by atoms with van der Waals surface area (Å²) in [5, 5.41) is 6.76. The van der Waals surface area contributed by atoms with Crippen LogP contribution in [-0.4, -0.2) is 149 Å². The molecule has 0 aliphatic carbocycles. The molecule has 16 heteroatoms. The maximum atomic E-state index is 12.9. The van der Waals surface area contributed by atoms with Crippen LogP contribution in [0.4, 0.5) is 11.4 Å². The number of carbonyl (C=O) groups excluding carboxylic acids is 1. The van der Waals surface area contributed by atoms with Crippen molar-refractivity contribution < 1.29 is 114 Å². The summed E-state index contributed by atoms with van der Waals surface area (Å²) in [7, 11) is 0. The minimum Gasteiger partial charge on any atom is -1.00 e. The number of nitrogens with one attached hydrogen (secondary N) is 2.